The van der Waals surface area contributed by atoms with Crippen molar-refractivity contribution in [3.8, 4) is 0 Å². The van der Waals surface area contributed by atoms with E-state index >= 15 is 0 Å². The molecule has 0 saturated carbocycles. The SMILES string of the molecule is Cc1cccc(/C=N/N2C(=O)CN(C(c3ccccc3)c3ccccc3)CC2=O)n1. The predicted molar refractivity (Wildman–Crippen MR) is 115 cm³/mol. The van der Waals surface area contributed by atoms with Gasteiger partial charge in [0, 0.05) is 5.69 Å². The lowest BCUT2D eigenvalue weighted by molar-refractivity contribution is -0.152. The molecule has 0 unspecified atom stereocenters. The molecular formula is C24H22N4O2. The molecule has 1 aromatic heterocycles. The van der Waals surface area contributed by atoms with Gasteiger partial charge in [-0.15, -0.1) is 0 Å². The second-order valence-corrected chi connectivity index (χ2v) is 7.18. The zero-order valence-corrected chi connectivity index (χ0v) is 16.7. The Morgan fingerprint density at radius 1 is 0.833 bits per heavy atom. The molecule has 3 aromatic rings. The Hall–Kier alpha value is -3.64. The van der Waals surface area contributed by atoms with Crippen molar-refractivity contribution in [1.29, 1.82) is 0 Å². The van der Waals surface area contributed by atoms with Gasteiger partial charge in [0.05, 0.1) is 31.0 Å². The number of hydrazone groups is 1. The molecule has 2 heterocycles. The van der Waals surface area contributed by atoms with Crippen LogP contribution >= 0.6 is 0 Å². The average molecular weight is 398 g/mol. The van der Waals surface area contributed by atoms with Crippen LogP contribution in [0.5, 0.6) is 0 Å². The quantitative estimate of drug-likeness (QED) is 0.489. The lowest BCUT2D eigenvalue weighted by Gasteiger charge is -2.36. The molecule has 0 radical (unpaired) electrons. The minimum atomic E-state index is -0.355. The fourth-order valence-electron chi connectivity index (χ4n) is 3.63. The van der Waals surface area contributed by atoms with E-state index in [4.69, 9.17) is 0 Å². The van der Waals surface area contributed by atoms with Gasteiger partial charge in [0.15, 0.2) is 0 Å². The van der Waals surface area contributed by atoms with Crippen LogP contribution in [0, 0.1) is 6.92 Å². The number of pyridine rings is 1. The van der Waals surface area contributed by atoms with Gasteiger partial charge >= 0.3 is 0 Å². The van der Waals surface area contributed by atoms with Crippen LogP contribution in [0.4, 0.5) is 0 Å². The van der Waals surface area contributed by atoms with Crippen LogP contribution in [0.15, 0.2) is 84.0 Å². The van der Waals surface area contributed by atoms with Crippen molar-refractivity contribution in [1.82, 2.24) is 14.9 Å². The summed E-state index contributed by atoms with van der Waals surface area (Å²) < 4.78 is 0. The van der Waals surface area contributed by atoms with E-state index in [2.05, 4.69) is 10.1 Å². The molecule has 0 bridgehead atoms. The molecule has 6 heteroatoms. The van der Waals surface area contributed by atoms with Gasteiger partial charge in [-0.1, -0.05) is 66.7 Å². The Labute approximate surface area is 175 Å². The van der Waals surface area contributed by atoms with Crippen LogP contribution in [-0.2, 0) is 9.59 Å². The summed E-state index contributed by atoms with van der Waals surface area (Å²) in [5.41, 5.74) is 3.51. The van der Waals surface area contributed by atoms with Crippen molar-refractivity contribution in [2.24, 2.45) is 5.10 Å². The molecule has 4 rings (SSSR count). The van der Waals surface area contributed by atoms with Crippen LogP contribution in [0.1, 0.15) is 28.6 Å². The number of hydrogen-bond acceptors (Lipinski definition) is 5. The minimum absolute atomic E-state index is 0.0960. The summed E-state index contributed by atoms with van der Waals surface area (Å²) in [7, 11) is 0. The standard InChI is InChI=1S/C24H22N4O2/c1-18-9-8-14-21(26-18)15-25-28-22(29)16-27(17-23(28)30)24(19-10-4-2-5-11-19)20-12-6-3-7-13-20/h2-15,24H,16-17H2,1H3/b25-15+. The molecule has 0 N–H and O–H groups in total. The number of amides is 2. The van der Waals surface area contributed by atoms with Gasteiger partial charge in [0.1, 0.15) is 0 Å². The number of piperazine rings is 1. The number of rotatable bonds is 5. The highest BCUT2D eigenvalue weighted by molar-refractivity contribution is 6.00. The number of aromatic nitrogens is 1. The molecular weight excluding hydrogens is 376 g/mol. The molecule has 0 atom stereocenters. The van der Waals surface area contributed by atoms with E-state index in [1.165, 1.54) is 6.21 Å². The first-order valence-electron chi connectivity index (χ1n) is 9.79. The Bertz CT molecular complexity index is 1010. The molecule has 150 valence electrons. The van der Waals surface area contributed by atoms with E-state index in [9.17, 15) is 9.59 Å². The number of hydrogen-bond donors (Lipinski definition) is 0. The molecule has 0 aliphatic carbocycles. The number of nitrogens with zero attached hydrogens (tertiary/aromatic N) is 4. The second kappa shape index (κ2) is 8.80. The zero-order chi connectivity index (χ0) is 20.9. The van der Waals surface area contributed by atoms with Crippen LogP contribution in [0.2, 0.25) is 0 Å². The zero-order valence-electron chi connectivity index (χ0n) is 16.7. The first kappa shape index (κ1) is 19.7. The average Bonchev–Trinajstić information content (AvgIpc) is 2.75. The Morgan fingerprint density at radius 2 is 1.40 bits per heavy atom. The van der Waals surface area contributed by atoms with Crippen molar-refractivity contribution in [3.05, 3.63) is 101 Å². The second-order valence-electron chi connectivity index (χ2n) is 7.18. The maximum absolute atomic E-state index is 12.8. The molecule has 2 amide bonds. The van der Waals surface area contributed by atoms with Gasteiger partial charge in [-0.05, 0) is 30.2 Å². The monoisotopic (exact) mass is 398 g/mol. The third-order valence-electron chi connectivity index (χ3n) is 4.96. The van der Waals surface area contributed by atoms with Crippen molar-refractivity contribution in [2.45, 2.75) is 13.0 Å². The van der Waals surface area contributed by atoms with E-state index in [1.807, 2.05) is 84.6 Å². The fraction of sp³-hybridized carbons (Fsp3) is 0.167. The van der Waals surface area contributed by atoms with Gasteiger partial charge in [0.2, 0.25) is 0 Å². The summed E-state index contributed by atoms with van der Waals surface area (Å²) >= 11 is 0. The first-order valence-corrected chi connectivity index (χ1v) is 9.79. The van der Waals surface area contributed by atoms with Gasteiger partial charge in [-0.25, -0.2) is 0 Å². The lowest BCUT2D eigenvalue weighted by atomic mass is 9.96. The number of benzene rings is 2. The normalized spacial score (nSPS) is 15.3. The van der Waals surface area contributed by atoms with Gasteiger partial charge < -0.3 is 0 Å². The summed E-state index contributed by atoms with van der Waals surface area (Å²) in [5.74, 6) is -0.709. The Kier molecular flexibility index (Phi) is 5.77. The van der Waals surface area contributed by atoms with E-state index in [-0.39, 0.29) is 30.9 Å². The minimum Gasteiger partial charge on any atom is -0.274 e. The molecule has 1 fully saturated rings. The topological polar surface area (TPSA) is 65.9 Å². The maximum atomic E-state index is 12.8. The van der Waals surface area contributed by atoms with Crippen LogP contribution in [0.25, 0.3) is 0 Å². The molecule has 2 aromatic carbocycles. The van der Waals surface area contributed by atoms with Crippen molar-refractivity contribution >= 4 is 18.0 Å². The molecule has 1 aliphatic rings. The summed E-state index contributed by atoms with van der Waals surface area (Å²) in [5, 5.41) is 5.07. The van der Waals surface area contributed by atoms with Crippen molar-refractivity contribution in [2.75, 3.05) is 13.1 Å². The van der Waals surface area contributed by atoms with Crippen LogP contribution < -0.4 is 0 Å². The number of aryl methyl sites for hydroxylation is 1. The maximum Gasteiger partial charge on any atom is 0.264 e. The summed E-state index contributed by atoms with van der Waals surface area (Å²) in [4.78, 5) is 31.8. The largest absolute Gasteiger partial charge is 0.274 e. The highest BCUT2D eigenvalue weighted by Gasteiger charge is 2.35. The van der Waals surface area contributed by atoms with Gasteiger partial charge in [0.25, 0.3) is 11.8 Å². The van der Waals surface area contributed by atoms with Crippen molar-refractivity contribution < 1.29 is 9.59 Å². The third kappa shape index (κ3) is 4.34. The van der Waals surface area contributed by atoms with Crippen LogP contribution in [0.3, 0.4) is 0 Å². The summed E-state index contributed by atoms with van der Waals surface area (Å²) in [6, 6.07) is 25.1. The lowest BCUT2D eigenvalue weighted by Crippen LogP contribution is -2.52. The molecule has 6 nitrogen and oxygen atoms in total. The van der Waals surface area contributed by atoms with Crippen molar-refractivity contribution in [3.63, 3.8) is 0 Å². The predicted octanol–water partition coefficient (Wildman–Crippen LogP) is 3.18. The van der Waals surface area contributed by atoms with Gasteiger partial charge in [-0.3, -0.25) is 19.5 Å². The number of imide groups is 1. The molecule has 0 spiro atoms. The molecule has 1 saturated heterocycles. The first-order chi connectivity index (χ1) is 14.6. The van der Waals surface area contributed by atoms with E-state index in [0.717, 1.165) is 21.8 Å². The van der Waals surface area contributed by atoms with E-state index in [1.54, 1.807) is 6.07 Å². The summed E-state index contributed by atoms with van der Waals surface area (Å²) in [6.45, 7) is 2.07. The van der Waals surface area contributed by atoms with Crippen LogP contribution in [-0.4, -0.2) is 46.0 Å². The van der Waals surface area contributed by atoms with Gasteiger partial charge in [-0.2, -0.15) is 10.1 Å². The smallest absolute Gasteiger partial charge is 0.264 e. The number of carbonyl (C=O) groups is 2. The molecule has 30 heavy (non-hydrogen) atoms. The van der Waals surface area contributed by atoms with E-state index in [0.29, 0.717) is 5.69 Å². The van der Waals surface area contributed by atoms with E-state index < -0.39 is 0 Å². The summed E-state index contributed by atoms with van der Waals surface area (Å²) in [6.07, 6.45) is 1.45. The highest BCUT2D eigenvalue weighted by Crippen LogP contribution is 2.29. The highest BCUT2D eigenvalue weighted by atomic mass is 16.2. The fourth-order valence-corrected chi connectivity index (χ4v) is 3.63. The number of carbonyl (C=O) groups excluding carboxylic acids is 2. The Morgan fingerprint density at radius 3 is 1.93 bits per heavy atom. The Balaban J connectivity index is 1.58. The molecule has 1 aliphatic heterocycles. The third-order valence-corrected chi connectivity index (χ3v) is 4.96.